The van der Waals surface area contributed by atoms with Crippen molar-refractivity contribution < 1.29 is 24.1 Å². The molecular weight excluding hydrogens is 320 g/mol. The normalized spacial score (nSPS) is 12.1. The van der Waals surface area contributed by atoms with Crippen LogP contribution in [0.25, 0.3) is 0 Å². The van der Waals surface area contributed by atoms with Crippen LogP contribution in [0.15, 0.2) is 30.3 Å². The lowest BCUT2D eigenvalue weighted by Gasteiger charge is -2.14. The first-order chi connectivity index (χ1) is 12.3. The molecule has 1 atom stereocenters. The largest absolute Gasteiger partial charge is 0.462 e. The van der Waals surface area contributed by atoms with E-state index in [1.807, 2.05) is 18.2 Å². The summed E-state index contributed by atoms with van der Waals surface area (Å²) in [5.74, 6) is -0.241. The van der Waals surface area contributed by atoms with Crippen molar-refractivity contribution >= 4 is 5.97 Å². The molecule has 0 radical (unpaired) electrons. The van der Waals surface area contributed by atoms with Gasteiger partial charge < -0.3 is 19.3 Å². The van der Waals surface area contributed by atoms with Crippen molar-refractivity contribution in [3.63, 3.8) is 0 Å². The third-order valence-corrected chi connectivity index (χ3v) is 4.04. The minimum absolute atomic E-state index is 0.0467. The molecule has 0 spiro atoms. The second-order valence-corrected chi connectivity index (χ2v) is 6.14. The predicted molar refractivity (Wildman–Crippen MR) is 97.5 cm³/mol. The maximum Gasteiger partial charge on any atom is 0.338 e. The topological polar surface area (TPSA) is 65.0 Å². The zero-order valence-corrected chi connectivity index (χ0v) is 15.3. The van der Waals surface area contributed by atoms with Crippen LogP contribution in [0.5, 0.6) is 0 Å². The summed E-state index contributed by atoms with van der Waals surface area (Å²) in [7, 11) is 1.58. The zero-order valence-electron chi connectivity index (χ0n) is 15.3. The van der Waals surface area contributed by atoms with Crippen LogP contribution in [0.3, 0.4) is 0 Å². The standard InChI is InChI=1S/C20H32O5/c1-23-17-25-19(16-21)14-10-5-3-2-4-6-11-15-24-20(22)18-12-8-7-9-13-18/h7-9,12-13,19,21H,2-6,10-11,14-17H2,1H3. The van der Waals surface area contributed by atoms with Crippen molar-refractivity contribution in [2.75, 3.05) is 27.1 Å². The molecule has 5 nitrogen and oxygen atoms in total. The summed E-state index contributed by atoms with van der Waals surface area (Å²) >= 11 is 0. The highest BCUT2D eigenvalue weighted by molar-refractivity contribution is 5.89. The van der Waals surface area contributed by atoms with Crippen LogP contribution in [-0.2, 0) is 14.2 Å². The molecule has 25 heavy (non-hydrogen) atoms. The maximum atomic E-state index is 11.7. The highest BCUT2D eigenvalue weighted by Crippen LogP contribution is 2.11. The zero-order chi connectivity index (χ0) is 18.2. The summed E-state index contributed by atoms with van der Waals surface area (Å²) in [6.45, 7) is 0.772. The van der Waals surface area contributed by atoms with Gasteiger partial charge >= 0.3 is 5.97 Å². The van der Waals surface area contributed by atoms with E-state index in [4.69, 9.17) is 14.2 Å². The summed E-state index contributed by atoms with van der Waals surface area (Å²) < 4.78 is 15.4. The third-order valence-electron chi connectivity index (χ3n) is 4.04. The van der Waals surface area contributed by atoms with Gasteiger partial charge in [0.25, 0.3) is 0 Å². The Bertz CT molecular complexity index is 435. The molecule has 0 amide bonds. The number of hydrogen-bond donors (Lipinski definition) is 1. The van der Waals surface area contributed by atoms with E-state index in [1.165, 1.54) is 12.8 Å². The number of unbranched alkanes of at least 4 members (excludes halogenated alkanes) is 6. The molecule has 142 valence electrons. The van der Waals surface area contributed by atoms with Crippen molar-refractivity contribution in [3.8, 4) is 0 Å². The van der Waals surface area contributed by atoms with Gasteiger partial charge in [-0.3, -0.25) is 0 Å². The average Bonchev–Trinajstić information content (AvgIpc) is 2.66. The Morgan fingerprint density at radius 1 is 1.00 bits per heavy atom. The molecule has 0 aromatic heterocycles. The van der Waals surface area contributed by atoms with Crippen LogP contribution >= 0.6 is 0 Å². The molecular formula is C20H32O5. The number of esters is 1. The minimum Gasteiger partial charge on any atom is -0.462 e. The molecule has 0 aliphatic heterocycles. The second-order valence-electron chi connectivity index (χ2n) is 6.14. The van der Waals surface area contributed by atoms with Gasteiger partial charge in [0.15, 0.2) is 0 Å². The number of aliphatic hydroxyl groups is 1. The number of hydrogen-bond acceptors (Lipinski definition) is 5. The van der Waals surface area contributed by atoms with Gasteiger partial charge in [0.2, 0.25) is 0 Å². The lowest BCUT2D eigenvalue weighted by Crippen LogP contribution is -2.18. The van der Waals surface area contributed by atoms with Crippen LogP contribution < -0.4 is 0 Å². The summed E-state index contributed by atoms with van der Waals surface area (Å²) in [4.78, 5) is 11.7. The van der Waals surface area contributed by atoms with Crippen molar-refractivity contribution in [2.24, 2.45) is 0 Å². The lowest BCUT2D eigenvalue weighted by atomic mass is 10.1. The van der Waals surface area contributed by atoms with Gasteiger partial charge in [0.1, 0.15) is 6.79 Å². The number of methoxy groups -OCH3 is 1. The van der Waals surface area contributed by atoms with E-state index < -0.39 is 0 Å². The van der Waals surface area contributed by atoms with E-state index in [2.05, 4.69) is 0 Å². The molecule has 1 N–H and O–H groups in total. The highest BCUT2D eigenvalue weighted by Gasteiger charge is 2.07. The van der Waals surface area contributed by atoms with Crippen LogP contribution in [0.1, 0.15) is 61.7 Å². The fourth-order valence-electron chi connectivity index (χ4n) is 2.57. The SMILES string of the molecule is COCOC(CO)CCCCCCCCCOC(=O)c1ccccc1. The smallest absolute Gasteiger partial charge is 0.338 e. The quantitative estimate of drug-likeness (QED) is 0.294. The molecule has 5 heteroatoms. The number of benzene rings is 1. The maximum absolute atomic E-state index is 11.7. The van der Waals surface area contributed by atoms with E-state index in [0.29, 0.717) is 12.2 Å². The molecule has 1 rings (SSSR count). The van der Waals surface area contributed by atoms with E-state index in [0.717, 1.165) is 38.5 Å². The number of carbonyl (C=O) groups is 1. The predicted octanol–water partition coefficient (Wildman–Crippen LogP) is 3.95. The Morgan fingerprint density at radius 3 is 2.28 bits per heavy atom. The van der Waals surface area contributed by atoms with Gasteiger partial charge in [0.05, 0.1) is 24.9 Å². The second kappa shape index (κ2) is 14.9. The Labute approximate surface area is 151 Å². The first kappa shape index (κ1) is 21.6. The Hall–Kier alpha value is -1.43. The fraction of sp³-hybridized carbons (Fsp3) is 0.650. The van der Waals surface area contributed by atoms with Gasteiger partial charge in [-0.2, -0.15) is 0 Å². The molecule has 1 unspecified atom stereocenters. The summed E-state index contributed by atoms with van der Waals surface area (Å²) in [6, 6.07) is 9.09. The summed E-state index contributed by atoms with van der Waals surface area (Å²) in [5, 5.41) is 9.17. The van der Waals surface area contributed by atoms with Crippen LogP contribution in [0, 0.1) is 0 Å². The van der Waals surface area contributed by atoms with Crippen LogP contribution in [-0.4, -0.2) is 44.3 Å². The van der Waals surface area contributed by atoms with Crippen LogP contribution in [0.2, 0.25) is 0 Å². The van der Waals surface area contributed by atoms with Crippen LogP contribution in [0.4, 0.5) is 0 Å². The number of ether oxygens (including phenoxy) is 3. The van der Waals surface area contributed by atoms with Gasteiger partial charge in [0, 0.05) is 7.11 Å². The highest BCUT2D eigenvalue weighted by atomic mass is 16.7. The summed E-state index contributed by atoms with van der Waals surface area (Å²) in [5.41, 5.74) is 0.609. The Morgan fingerprint density at radius 2 is 1.64 bits per heavy atom. The summed E-state index contributed by atoms with van der Waals surface area (Å²) in [6.07, 6.45) is 8.50. The first-order valence-electron chi connectivity index (χ1n) is 9.21. The number of rotatable bonds is 15. The van der Waals surface area contributed by atoms with Gasteiger partial charge in [-0.1, -0.05) is 56.7 Å². The van der Waals surface area contributed by atoms with E-state index in [9.17, 15) is 9.90 Å². The van der Waals surface area contributed by atoms with Gasteiger partial charge in [-0.05, 0) is 25.0 Å². The van der Waals surface area contributed by atoms with Crippen molar-refractivity contribution in [1.29, 1.82) is 0 Å². The minimum atomic E-state index is -0.241. The molecule has 0 bridgehead atoms. The first-order valence-corrected chi connectivity index (χ1v) is 9.21. The average molecular weight is 352 g/mol. The van der Waals surface area contributed by atoms with E-state index >= 15 is 0 Å². The fourth-order valence-corrected chi connectivity index (χ4v) is 2.57. The van der Waals surface area contributed by atoms with Gasteiger partial charge in [-0.25, -0.2) is 4.79 Å². The molecule has 0 heterocycles. The number of carbonyl (C=O) groups excluding carboxylic acids is 1. The lowest BCUT2D eigenvalue weighted by molar-refractivity contribution is -0.0898. The van der Waals surface area contributed by atoms with Crippen molar-refractivity contribution in [1.82, 2.24) is 0 Å². The molecule has 0 fully saturated rings. The van der Waals surface area contributed by atoms with E-state index in [-0.39, 0.29) is 25.5 Å². The molecule has 0 saturated heterocycles. The van der Waals surface area contributed by atoms with Crippen molar-refractivity contribution in [2.45, 2.75) is 57.5 Å². The monoisotopic (exact) mass is 352 g/mol. The number of aliphatic hydroxyl groups excluding tert-OH is 1. The van der Waals surface area contributed by atoms with Crippen molar-refractivity contribution in [3.05, 3.63) is 35.9 Å². The molecule has 0 saturated carbocycles. The molecule has 0 aliphatic rings. The molecule has 1 aromatic rings. The molecule has 1 aromatic carbocycles. The molecule has 0 aliphatic carbocycles. The Balaban J connectivity index is 1.89. The Kier molecular flexibility index (Phi) is 12.9. The third kappa shape index (κ3) is 10.9. The van der Waals surface area contributed by atoms with E-state index in [1.54, 1.807) is 19.2 Å². The van der Waals surface area contributed by atoms with Gasteiger partial charge in [-0.15, -0.1) is 0 Å².